The van der Waals surface area contributed by atoms with Crippen LogP contribution in [0, 0.1) is 0 Å². The third-order valence-corrected chi connectivity index (χ3v) is 4.57. The molecule has 106 valence electrons. The van der Waals surface area contributed by atoms with Crippen molar-refractivity contribution >= 4 is 11.6 Å². The third kappa shape index (κ3) is 2.88. The van der Waals surface area contributed by atoms with Crippen LogP contribution in [0.4, 0.5) is 0 Å². The molecule has 19 heavy (non-hydrogen) atoms. The molecule has 4 heteroatoms. The van der Waals surface area contributed by atoms with Gasteiger partial charge in [-0.25, -0.2) is 0 Å². The van der Waals surface area contributed by atoms with E-state index in [4.69, 9.17) is 22.1 Å². The largest absolute Gasteiger partial charge is 0.493 e. The van der Waals surface area contributed by atoms with Crippen LogP contribution in [0.2, 0.25) is 5.02 Å². The van der Waals surface area contributed by atoms with Gasteiger partial charge in [0.2, 0.25) is 0 Å². The van der Waals surface area contributed by atoms with Gasteiger partial charge in [0.05, 0.1) is 6.61 Å². The first-order chi connectivity index (χ1) is 9.00. The fraction of sp³-hybridized carbons (Fsp3) is 0.600. The zero-order valence-electron chi connectivity index (χ0n) is 12.0. The lowest BCUT2D eigenvalue weighted by molar-refractivity contribution is 0.130. The second-order valence-corrected chi connectivity index (χ2v) is 6.00. The monoisotopic (exact) mass is 282 g/mol. The molecule has 3 nitrogen and oxygen atoms in total. The first-order valence-corrected chi connectivity index (χ1v) is 7.23. The second-order valence-electron chi connectivity index (χ2n) is 5.56. The predicted octanol–water partition coefficient (Wildman–Crippen LogP) is 2.83. The van der Waals surface area contributed by atoms with E-state index in [2.05, 4.69) is 25.8 Å². The van der Waals surface area contributed by atoms with Gasteiger partial charge in [-0.3, -0.25) is 4.90 Å². The molecule has 0 aromatic heterocycles. The number of ether oxygens (including phenoxy) is 1. The molecule has 1 aromatic carbocycles. The topological polar surface area (TPSA) is 38.5 Å². The van der Waals surface area contributed by atoms with Gasteiger partial charge < -0.3 is 10.5 Å². The van der Waals surface area contributed by atoms with Gasteiger partial charge in [-0.05, 0) is 38.1 Å². The van der Waals surface area contributed by atoms with Crippen molar-refractivity contribution in [2.24, 2.45) is 5.73 Å². The molecule has 0 saturated heterocycles. The van der Waals surface area contributed by atoms with E-state index >= 15 is 0 Å². The summed E-state index contributed by atoms with van der Waals surface area (Å²) < 4.78 is 5.75. The highest BCUT2D eigenvalue weighted by Gasteiger charge is 2.27. The van der Waals surface area contributed by atoms with Crippen LogP contribution in [0.15, 0.2) is 12.1 Å². The Morgan fingerprint density at radius 3 is 2.84 bits per heavy atom. The highest BCUT2D eigenvalue weighted by molar-refractivity contribution is 6.30. The average molecular weight is 283 g/mol. The van der Waals surface area contributed by atoms with Crippen molar-refractivity contribution in [3.8, 4) is 5.75 Å². The summed E-state index contributed by atoms with van der Waals surface area (Å²) >= 11 is 6.20. The van der Waals surface area contributed by atoms with Crippen molar-refractivity contribution in [2.45, 2.75) is 38.8 Å². The minimum Gasteiger partial charge on any atom is -0.493 e. The number of likely N-dealkylation sites (N-methyl/N-ethyl adjacent to an activating group) is 1. The van der Waals surface area contributed by atoms with Crippen LogP contribution in [0.5, 0.6) is 5.75 Å². The molecule has 0 amide bonds. The van der Waals surface area contributed by atoms with Gasteiger partial charge in [0, 0.05) is 35.6 Å². The van der Waals surface area contributed by atoms with Gasteiger partial charge in [0.1, 0.15) is 5.75 Å². The van der Waals surface area contributed by atoms with Crippen molar-refractivity contribution < 1.29 is 4.74 Å². The van der Waals surface area contributed by atoms with Gasteiger partial charge in [0.15, 0.2) is 0 Å². The molecular formula is C15H23ClN2O. The summed E-state index contributed by atoms with van der Waals surface area (Å²) in [6.07, 6.45) is 1.97. The van der Waals surface area contributed by atoms with Crippen molar-refractivity contribution in [3.05, 3.63) is 28.3 Å². The molecule has 1 aliphatic rings. The van der Waals surface area contributed by atoms with Crippen LogP contribution in [-0.2, 0) is 13.0 Å². The van der Waals surface area contributed by atoms with E-state index in [0.717, 1.165) is 42.3 Å². The Labute approximate surface area is 120 Å². The number of halogens is 1. The molecule has 1 heterocycles. The first kappa shape index (κ1) is 14.6. The van der Waals surface area contributed by atoms with Gasteiger partial charge in [-0.15, -0.1) is 0 Å². The first-order valence-electron chi connectivity index (χ1n) is 6.85. The van der Waals surface area contributed by atoms with E-state index in [1.165, 1.54) is 5.56 Å². The van der Waals surface area contributed by atoms with Crippen molar-refractivity contribution in [1.82, 2.24) is 4.90 Å². The highest BCUT2D eigenvalue weighted by atomic mass is 35.5. The van der Waals surface area contributed by atoms with Gasteiger partial charge in [0.25, 0.3) is 0 Å². The summed E-state index contributed by atoms with van der Waals surface area (Å²) in [6.45, 7) is 6.57. The van der Waals surface area contributed by atoms with Crippen LogP contribution in [0.1, 0.15) is 31.4 Å². The Morgan fingerprint density at radius 1 is 1.47 bits per heavy atom. The molecule has 1 unspecified atom stereocenters. The lowest BCUT2D eigenvalue weighted by Gasteiger charge is -2.37. The van der Waals surface area contributed by atoms with Gasteiger partial charge in [-0.2, -0.15) is 0 Å². The summed E-state index contributed by atoms with van der Waals surface area (Å²) in [5.41, 5.74) is 8.31. The fourth-order valence-corrected chi connectivity index (χ4v) is 2.74. The maximum absolute atomic E-state index is 6.20. The highest BCUT2D eigenvalue weighted by Crippen LogP contribution is 2.34. The number of nitrogens with two attached hydrogens (primary N) is 1. The Balaban J connectivity index is 2.24. The molecule has 0 fully saturated rings. The van der Waals surface area contributed by atoms with Crippen LogP contribution in [0.25, 0.3) is 0 Å². The fourth-order valence-electron chi connectivity index (χ4n) is 2.48. The normalized spacial score (nSPS) is 17.2. The number of nitrogens with zero attached hydrogens (tertiary/aromatic N) is 1. The average Bonchev–Trinajstić information content (AvgIpc) is 2.85. The Kier molecular flexibility index (Phi) is 4.39. The Morgan fingerprint density at radius 2 is 2.21 bits per heavy atom. The molecule has 0 bridgehead atoms. The Hall–Kier alpha value is -0.770. The van der Waals surface area contributed by atoms with E-state index < -0.39 is 0 Å². The molecule has 0 saturated carbocycles. The second kappa shape index (κ2) is 5.70. The molecule has 1 aliphatic heterocycles. The van der Waals surface area contributed by atoms with Crippen LogP contribution in [0.3, 0.4) is 0 Å². The van der Waals surface area contributed by atoms with E-state index in [9.17, 15) is 0 Å². The molecule has 2 N–H and O–H groups in total. The molecule has 1 aromatic rings. The van der Waals surface area contributed by atoms with Crippen LogP contribution in [-0.4, -0.2) is 30.6 Å². The maximum atomic E-state index is 6.20. The van der Waals surface area contributed by atoms with Crippen molar-refractivity contribution in [3.63, 3.8) is 0 Å². The SMILES string of the molecule is CCC(C)(CN)N(C)Cc1cc(Cl)cc2c1OCC2. The number of hydrogen-bond donors (Lipinski definition) is 1. The molecule has 0 radical (unpaired) electrons. The van der Waals surface area contributed by atoms with Crippen molar-refractivity contribution in [1.29, 1.82) is 0 Å². The number of hydrogen-bond acceptors (Lipinski definition) is 3. The maximum Gasteiger partial charge on any atom is 0.127 e. The minimum absolute atomic E-state index is 0.00774. The molecular weight excluding hydrogens is 260 g/mol. The zero-order chi connectivity index (χ0) is 14.0. The van der Waals surface area contributed by atoms with Crippen LogP contribution < -0.4 is 10.5 Å². The number of benzene rings is 1. The van der Waals surface area contributed by atoms with Gasteiger partial charge >= 0.3 is 0 Å². The smallest absolute Gasteiger partial charge is 0.127 e. The summed E-state index contributed by atoms with van der Waals surface area (Å²) in [4.78, 5) is 2.29. The third-order valence-electron chi connectivity index (χ3n) is 4.36. The zero-order valence-corrected chi connectivity index (χ0v) is 12.8. The molecule has 0 spiro atoms. The lowest BCUT2D eigenvalue weighted by atomic mass is 9.96. The minimum atomic E-state index is 0.00774. The van der Waals surface area contributed by atoms with Crippen LogP contribution >= 0.6 is 11.6 Å². The molecule has 0 aliphatic carbocycles. The Bertz CT molecular complexity index is 458. The standard InChI is InChI=1S/C15H23ClN2O/c1-4-15(2,10-17)18(3)9-12-8-13(16)7-11-5-6-19-14(11)12/h7-8H,4-6,9-10,17H2,1-3H3. The molecule has 2 rings (SSSR count). The number of rotatable bonds is 5. The van der Waals surface area contributed by atoms with Gasteiger partial charge in [-0.1, -0.05) is 18.5 Å². The van der Waals surface area contributed by atoms with E-state index in [-0.39, 0.29) is 5.54 Å². The summed E-state index contributed by atoms with van der Waals surface area (Å²) in [5, 5.41) is 0.790. The molecule has 1 atom stereocenters. The summed E-state index contributed by atoms with van der Waals surface area (Å²) in [7, 11) is 2.11. The predicted molar refractivity (Wildman–Crippen MR) is 79.9 cm³/mol. The van der Waals surface area contributed by atoms with E-state index in [0.29, 0.717) is 6.54 Å². The quantitative estimate of drug-likeness (QED) is 0.902. The lowest BCUT2D eigenvalue weighted by Crippen LogP contribution is -2.48. The van der Waals surface area contributed by atoms with E-state index in [1.54, 1.807) is 0 Å². The van der Waals surface area contributed by atoms with Crippen molar-refractivity contribution in [2.75, 3.05) is 20.2 Å². The van der Waals surface area contributed by atoms with E-state index in [1.807, 2.05) is 12.1 Å². The summed E-state index contributed by atoms with van der Waals surface area (Å²) in [5.74, 6) is 1.02. The number of fused-ring (bicyclic) bond motifs is 1. The summed E-state index contributed by atoms with van der Waals surface area (Å²) in [6, 6.07) is 4.02.